The van der Waals surface area contributed by atoms with Gasteiger partial charge in [-0.15, -0.1) is 0 Å². The van der Waals surface area contributed by atoms with Crippen LogP contribution in [0.3, 0.4) is 0 Å². The first-order valence-corrected chi connectivity index (χ1v) is 7.44. The van der Waals surface area contributed by atoms with Crippen LogP contribution in [-0.4, -0.2) is 19.3 Å². The van der Waals surface area contributed by atoms with E-state index in [4.69, 9.17) is 25.8 Å². The standard InChI is InChI=1S/C17H16ClFO3/c18-15-7-3-1-5-12(15)9-20-13-10-21-17(22-11-13)14-6-2-4-8-16(14)19/h1-8,13,17H,9-11H2. The van der Waals surface area contributed by atoms with E-state index in [-0.39, 0.29) is 11.9 Å². The van der Waals surface area contributed by atoms with Crippen LogP contribution < -0.4 is 0 Å². The third-order valence-corrected chi connectivity index (χ3v) is 3.83. The zero-order valence-electron chi connectivity index (χ0n) is 11.9. The lowest BCUT2D eigenvalue weighted by Gasteiger charge is -2.29. The van der Waals surface area contributed by atoms with Gasteiger partial charge in [0.05, 0.1) is 19.8 Å². The number of hydrogen-bond donors (Lipinski definition) is 0. The van der Waals surface area contributed by atoms with Gasteiger partial charge in [-0.05, 0) is 17.7 Å². The molecule has 2 aromatic carbocycles. The molecule has 0 unspecified atom stereocenters. The van der Waals surface area contributed by atoms with Crippen LogP contribution in [-0.2, 0) is 20.8 Å². The number of benzene rings is 2. The van der Waals surface area contributed by atoms with Crippen LogP contribution in [0.2, 0.25) is 5.02 Å². The summed E-state index contributed by atoms with van der Waals surface area (Å²) in [6.45, 7) is 1.09. The van der Waals surface area contributed by atoms with E-state index < -0.39 is 6.29 Å². The van der Waals surface area contributed by atoms with Gasteiger partial charge in [-0.2, -0.15) is 0 Å². The molecule has 0 spiro atoms. The van der Waals surface area contributed by atoms with E-state index in [9.17, 15) is 4.39 Å². The highest BCUT2D eigenvalue weighted by atomic mass is 35.5. The molecule has 3 rings (SSSR count). The van der Waals surface area contributed by atoms with Crippen LogP contribution in [0.15, 0.2) is 48.5 Å². The molecule has 1 aliphatic heterocycles. The van der Waals surface area contributed by atoms with Gasteiger partial charge in [-0.25, -0.2) is 4.39 Å². The van der Waals surface area contributed by atoms with Gasteiger partial charge in [0.1, 0.15) is 11.9 Å². The van der Waals surface area contributed by atoms with Gasteiger partial charge in [-0.3, -0.25) is 0 Å². The lowest BCUT2D eigenvalue weighted by atomic mass is 10.2. The van der Waals surface area contributed by atoms with Crippen molar-refractivity contribution >= 4 is 11.6 Å². The molecule has 1 saturated heterocycles. The van der Waals surface area contributed by atoms with Gasteiger partial charge in [0, 0.05) is 10.6 Å². The van der Waals surface area contributed by atoms with E-state index in [2.05, 4.69) is 0 Å². The Morgan fingerprint density at radius 1 is 1.05 bits per heavy atom. The second kappa shape index (κ2) is 7.20. The molecule has 0 N–H and O–H groups in total. The molecular formula is C17H16ClFO3. The smallest absolute Gasteiger partial charge is 0.186 e. The third kappa shape index (κ3) is 3.65. The van der Waals surface area contributed by atoms with E-state index in [1.54, 1.807) is 18.2 Å². The maximum atomic E-state index is 13.7. The third-order valence-electron chi connectivity index (χ3n) is 3.46. The molecule has 1 heterocycles. The Morgan fingerprint density at radius 2 is 1.73 bits per heavy atom. The second-order valence-electron chi connectivity index (χ2n) is 5.04. The van der Waals surface area contributed by atoms with E-state index in [1.165, 1.54) is 6.07 Å². The molecule has 0 radical (unpaired) electrons. The first kappa shape index (κ1) is 15.4. The number of hydrogen-bond acceptors (Lipinski definition) is 3. The van der Waals surface area contributed by atoms with Crippen molar-refractivity contribution in [2.45, 2.75) is 19.0 Å². The molecule has 1 fully saturated rings. The molecular weight excluding hydrogens is 307 g/mol. The van der Waals surface area contributed by atoms with Crippen LogP contribution in [0.5, 0.6) is 0 Å². The summed E-state index contributed by atoms with van der Waals surface area (Å²) >= 11 is 6.08. The Bertz CT molecular complexity index is 627. The lowest BCUT2D eigenvalue weighted by molar-refractivity contribution is -0.233. The first-order valence-electron chi connectivity index (χ1n) is 7.06. The fraction of sp³-hybridized carbons (Fsp3) is 0.294. The van der Waals surface area contributed by atoms with Gasteiger partial charge in [0.15, 0.2) is 6.29 Å². The minimum absolute atomic E-state index is 0.195. The fourth-order valence-corrected chi connectivity index (χ4v) is 2.44. The Labute approximate surface area is 133 Å². The number of rotatable bonds is 4. The summed E-state index contributed by atoms with van der Waals surface area (Å²) in [5.74, 6) is -0.331. The van der Waals surface area contributed by atoms with Gasteiger partial charge in [-0.1, -0.05) is 48.0 Å². The Kier molecular flexibility index (Phi) is 5.05. The zero-order chi connectivity index (χ0) is 15.4. The highest BCUT2D eigenvalue weighted by molar-refractivity contribution is 6.31. The summed E-state index contributed by atoms with van der Waals surface area (Å²) in [5, 5.41) is 0.671. The van der Waals surface area contributed by atoms with Crippen molar-refractivity contribution in [1.29, 1.82) is 0 Å². The molecule has 0 saturated carbocycles. The Morgan fingerprint density at radius 3 is 2.45 bits per heavy atom. The van der Waals surface area contributed by atoms with Crippen molar-refractivity contribution in [1.82, 2.24) is 0 Å². The van der Waals surface area contributed by atoms with Gasteiger partial charge in [0.25, 0.3) is 0 Å². The van der Waals surface area contributed by atoms with Crippen molar-refractivity contribution < 1.29 is 18.6 Å². The van der Waals surface area contributed by atoms with Crippen molar-refractivity contribution in [3.63, 3.8) is 0 Å². The maximum Gasteiger partial charge on any atom is 0.186 e. The van der Waals surface area contributed by atoms with Crippen molar-refractivity contribution in [3.8, 4) is 0 Å². The van der Waals surface area contributed by atoms with E-state index in [0.717, 1.165) is 5.56 Å². The lowest BCUT2D eigenvalue weighted by Crippen LogP contribution is -2.33. The van der Waals surface area contributed by atoms with Crippen molar-refractivity contribution in [2.24, 2.45) is 0 Å². The predicted octanol–water partition coefficient (Wildman–Crippen LogP) is 4.11. The van der Waals surface area contributed by atoms with E-state index in [1.807, 2.05) is 24.3 Å². The van der Waals surface area contributed by atoms with Crippen molar-refractivity contribution in [2.75, 3.05) is 13.2 Å². The number of halogens is 2. The van der Waals surface area contributed by atoms with E-state index >= 15 is 0 Å². The van der Waals surface area contributed by atoms with Crippen LogP contribution >= 0.6 is 11.6 Å². The molecule has 22 heavy (non-hydrogen) atoms. The fourth-order valence-electron chi connectivity index (χ4n) is 2.25. The van der Waals surface area contributed by atoms with Crippen LogP contribution in [0.1, 0.15) is 17.4 Å². The molecule has 1 aliphatic rings. The predicted molar refractivity (Wildman–Crippen MR) is 81.1 cm³/mol. The largest absolute Gasteiger partial charge is 0.369 e. The highest BCUT2D eigenvalue weighted by Crippen LogP contribution is 2.26. The topological polar surface area (TPSA) is 27.7 Å². The molecule has 0 aromatic heterocycles. The molecule has 116 valence electrons. The molecule has 3 nitrogen and oxygen atoms in total. The summed E-state index contributed by atoms with van der Waals surface area (Å²) in [7, 11) is 0. The van der Waals surface area contributed by atoms with Crippen LogP contribution in [0, 0.1) is 5.82 Å². The molecule has 0 aliphatic carbocycles. The summed E-state index contributed by atoms with van der Waals surface area (Å²) in [6, 6.07) is 14.0. The molecule has 5 heteroatoms. The normalized spacial score (nSPS) is 21.7. The van der Waals surface area contributed by atoms with Crippen molar-refractivity contribution in [3.05, 3.63) is 70.5 Å². The molecule has 2 aromatic rings. The maximum absolute atomic E-state index is 13.7. The SMILES string of the molecule is Fc1ccccc1C1OCC(OCc2ccccc2Cl)CO1. The summed E-state index contributed by atoms with van der Waals surface area (Å²) in [6.07, 6.45) is -0.874. The molecule has 0 amide bonds. The van der Waals surface area contributed by atoms with Gasteiger partial charge >= 0.3 is 0 Å². The summed E-state index contributed by atoms with van der Waals surface area (Å²) in [5.41, 5.74) is 1.33. The quantitative estimate of drug-likeness (QED) is 0.848. The minimum atomic E-state index is -0.679. The summed E-state index contributed by atoms with van der Waals surface area (Å²) < 4.78 is 30.5. The molecule has 0 bridgehead atoms. The van der Waals surface area contributed by atoms with Crippen LogP contribution in [0.25, 0.3) is 0 Å². The first-order chi connectivity index (χ1) is 10.7. The van der Waals surface area contributed by atoms with Crippen LogP contribution in [0.4, 0.5) is 4.39 Å². The average molecular weight is 323 g/mol. The zero-order valence-corrected chi connectivity index (χ0v) is 12.6. The monoisotopic (exact) mass is 322 g/mol. The summed E-state index contributed by atoms with van der Waals surface area (Å²) in [4.78, 5) is 0. The molecule has 0 atom stereocenters. The second-order valence-corrected chi connectivity index (χ2v) is 5.45. The van der Waals surface area contributed by atoms with Gasteiger partial charge in [0.2, 0.25) is 0 Å². The number of ether oxygens (including phenoxy) is 3. The Hall–Kier alpha value is -1.46. The van der Waals surface area contributed by atoms with E-state index in [0.29, 0.717) is 30.4 Å². The highest BCUT2D eigenvalue weighted by Gasteiger charge is 2.26. The average Bonchev–Trinajstić information content (AvgIpc) is 2.55. The Balaban J connectivity index is 1.52. The van der Waals surface area contributed by atoms with Gasteiger partial charge < -0.3 is 14.2 Å². The minimum Gasteiger partial charge on any atom is -0.369 e.